The van der Waals surface area contributed by atoms with Crippen molar-refractivity contribution in [3.63, 3.8) is 0 Å². The van der Waals surface area contributed by atoms with E-state index < -0.39 is 6.04 Å². The fourth-order valence-electron chi connectivity index (χ4n) is 3.06. The van der Waals surface area contributed by atoms with E-state index in [1.165, 1.54) is 0 Å². The summed E-state index contributed by atoms with van der Waals surface area (Å²) in [5, 5.41) is 5.30. The van der Waals surface area contributed by atoms with Crippen molar-refractivity contribution >= 4 is 27.9 Å². The molecule has 1 unspecified atom stereocenters. The summed E-state index contributed by atoms with van der Waals surface area (Å²) >= 11 is 0. The average molecular weight is 419 g/mol. The highest BCUT2D eigenvalue weighted by molar-refractivity contribution is 7.95. The van der Waals surface area contributed by atoms with E-state index in [2.05, 4.69) is 27.6 Å². The number of fused-ring (bicyclic) bond motifs is 1. The minimum Gasteiger partial charge on any atom is -0.464 e. The van der Waals surface area contributed by atoms with Crippen molar-refractivity contribution in [2.75, 3.05) is 31.5 Å². The van der Waals surface area contributed by atoms with Crippen molar-refractivity contribution < 1.29 is 14.3 Å². The van der Waals surface area contributed by atoms with E-state index in [0.29, 0.717) is 30.7 Å². The monoisotopic (exact) mass is 418 g/mol. The lowest BCUT2D eigenvalue weighted by Crippen LogP contribution is -2.21. The van der Waals surface area contributed by atoms with E-state index in [0.717, 1.165) is 34.7 Å². The molecule has 0 bridgehead atoms. The first kappa shape index (κ1) is 21.3. The van der Waals surface area contributed by atoms with E-state index in [1.807, 2.05) is 30.0 Å². The van der Waals surface area contributed by atoms with Crippen LogP contribution in [0.2, 0.25) is 0 Å². The Morgan fingerprint density at radius 1 is 1.28 bits per heavy atom. The van der Waals surface area contributed by atoms with Gasteiger partial charge in [0.1, 0.15) is 30.5 Å². The molecule has 1 atom stereocenters. The van der Waals surface area contributed by atoms with Crippen LogP contribution in [0.3, 0.4) is 0 Å². The number of hydrogen-bond acceptors (Lipinski definition) is 6. The number of hydrogen-bond donors (Lipinski definition) is 0. The molecule has 0 radical (unpaired) electrons. The molecule has 9 heteroatoms. The van der Waals surface area contributed by atoms with Gasteiger partial charge in [0, 0.05) is 23.3 Å². The van der Waals surface area contributed by atoms with Gasteiger partial charge in [-0.15, -0.1) is 0 Å². The molecule has 0 saturated carbocycles. The highest BCUT2D eigenvalue weighted by Crippen LogP contribution is 2.27. The van der Waals surface area contributed by atoms with Crippen LogP contribution in [-0.2, 0) is 31.9 Å². The second-order valence-corrected chi connectivity index (χ2v) is 9.24. The number of esters is 1. The third kappa shape index (κ3) is 4.97. The molecule has 156 valence electrons. The molecule has 3 aromatic heterocycles. The SMILES string of the molecule is CCOC(=O)C(CC)n1cc(-c2ncnc3c2ccn3COCC[S+](C)C)cn1. The van der Waals surface area contributed by atoms with Gasteiger partial charge in [0.2, 0.25) is 0 Å². The maximum atomic E-state index is 12.2. The normalized spacial score (nSPS) is 12.6. The quantitative estimate of drug-likeness (QED) is 0.286. The van der Waals surface area contributed by atoms with Crippen LogP contribution >= 0.6 is 0 Å². The number of rotatable bonds is 10. The van der Waals surface area contributed by atoms with Crippen molar-refractivity contribution in [3.8, 4) is 11.3 Å². The summed E-state index contributed by atoms with van der Waals surface area (Å²) in [7, 11) is 0.371. The van der Waals surface area contributed by atoms with E-state index in [4.69, 9.17) is 9.47 Å². The van der Waals surface area contributed by atoms with E-state index in [9.17, 15) is 4.79 Å². The van der Waals surface area contributed by atoms with Gasteiger partial charge < -0.3 is 14.0 Å². The van der Waals surface area contributed by atoms with Gasteiger partial charge in [0.05, 0.1) is 37.6 Å². The van der Waals surface area contributed by atoms with Crippen LogP contribution in [0.5, 0.6) is 0 Å². The topological polar surface area (TPSA) is 84.1 Å². The van der Waals surface area contributed by atoms with Gasteiger partial charge in [-0.05, 0) is 30.3 Å². The second-order valence-electron chi connectivity index (χ2n) is 6.86. The third-order valence-corrected chi connectivity index (χ3v) is 5.55. The number of aromatic nitrogens is 5. The van der Waals surface area contributed by atoms with Crippen LogP contribution < -0.4 is 0 Å². The van der Waals surface area contributed by atoms with Crippen molar-refractivity contribution in [2.24, 2.45) is 0 Å². The minimum atomic E-state index is -0.444. The highest BCUT2D eigenvalue weighted by atomic mass is 32.2. The van der Waals surface area contributed by atoms with Gasteiger partial charge in [-0.2, -0.15) is 5.10 Å². The van der Waals surface area contributed by atoms with Crippen LogP contribution in [-0.4, -0.2) is 61.8 Å². The molecular weight excluding hydrogens is 390 g/mol. The molecule has 3 aromatic rings. The number of ether oxygens (including phenoxy) is 2. The Labute approximate surface area is 173 Å². The van der Waals surface area contributed by atoms with Gasteiger partial charge in [-0.1, -0.05) is 6.92 Å². The first-order chi connectivity index (χ1) is 14.0. The molecule has 0 aliphatic carbocycles. The minimum absolute atomic E-state index is 0.275. The molecule has 3 heterocycles. The van der Waals surface area contributed by atoms with Gasteiger partial charge in [0.15, 0.2) is 0 Å². The first-order valence-corrected chi connectivity index (χ1v) is 11.9. The van der Waals surface area contributed by atoms with Crippen molar-refractivity contribution in [1.82, 2.24) is 24.3 Å². The van der Waals surface area contributed by atoms with Crippen molar-refractivity contribution in [1.29, 1.82) is 0 Å². The third-order valence-electron chi connectivity index (χ3n) is 4.56. The molecule has 0 saturated heterocycles. The Hall–Kier alpha value is -2.39. The first-order valence-electron chi connectivity index (χ1n) is 9.68. The molecule has 3 rings (SSSR count). The van der Waals surface area contributed by atoms with Crippen LogP contribution in [0.15, 0.2) is 31.0 Å². The molecule has 0 aromatic carbocycles. The summed E-state index contributed by atoms with van der Waals surface area (Å²) < 4.78 is 14.6. The fraction of sp³-hybridized carbons (Fsp3) is 0.500. The molecule has 0 aliphatic heterocycles. The lowest BCUT2D eigenvalue weighted by atomic mass is 10.2. The second kappa shape index (κ2) is 9.89. The van der Waals surface area contributed by atoms with Crippen molar-refractivity contribution in [2.45, 2.75) is 33.0 Å². The van der Waals surface area contributed by atoms with Gasteiger partial charge >= 0.3 is 5.97 Å². The lowest BCUT2D eigenvalue weighted by Gasteiger charge is -2.13. The fourth-order valence-corrected chi connectivity index (χ4v) is 3.51. The summed E-state index contributed by atoms with van der Waals surface area (Å²) in [4.78, 5) is 21.1. The van der Waals surface area contributed by atoms with E-state index in [1.54, 1.807) is 24.1 Å². The standard InChI is InChI=1S/C20H28N5O3S/c1-5-17(20(26)28-6-2)25-12-15(11-23-25)18-16-7-8-24(19(16)22-13-21-18)14-27-9-10-29(3)4/h7-8,11-13,17H,5-6,9-10,14H2,1-4H3/q+1. The predicted molar refractivity (Wildman–Crippen MR) is 115 cm³/mol. The Bertz CT molecular complexity index is 953. The molecule has 0 spiro atoms. The number of nitrogens with zero attached hydrogens (tertiary/aromatic N) is 5. The zero-order valence-corrected chi connectivity index (χ0v) is 18.2. The van der Waals surface area contributed by atoms with Crippen LogP contribution in [0, 0.1) is 0 Å². The van der Waals surface area contributed by atoms with Gasteiger partial charge in [0.25, 0.3) is 0 Å². The maximum absolute atomic E-state index is 12.2. The smallest absolute Gasteiger partial charge is 0.330 e. The van der Waals surface area contributed by atoms with Gasteiger partial charge in [-0.3, -0.25) is 4.68 Å². The largest absolute Gasteiger partial charge is 0.464 e. The number of carbonyl (C=O) groups is 1. The Kier molecular flexibility index (Phi) is 7.27. The van der Waals surface area contributed by atoms with Crippen LogP contribution in [0.25, 0.3) is 22.3 Å². The summed E-state index contributed by atoms with van der Waals surface area (Å²) in [6, 6.07) is 1.54. The summed E-state index contributed by atoms with van der Waals surface area (Å²) in [5.41, 5.74) is 2.43. The molecule has 0 aliphatic rings. The molecule has 29 heavy (non-hydrogen) atoms. The molecular formula is C20H28N5O3S+. The Balaban J connectivity index is 1.82. The predicted octanol–water partition coefficient (Wildman–Crippen LogP) is 2.66. The molecule has 0 N–H and O–H groups in total. The summed E-state index contributed by atoms with van der Waals surface area (Å²) in [6.45, 7) is 5.27. The molecule has 0 amide bonds. The summed E-state index contributed by atoms with van der Waals surface area (Å²) in [6.07, 6.45) is 12.1. The molecule has 8 nitrogen and oxygen atoms in total. The summed E-state index contributed by atoms with van der Waals surface area (Å²) in [5.74, 6) is 0.778. The number of carbonyl (C=O) groups excluding carboxylic acids is 1. The Morgan fingerprint density at radius 2 is 2.10 bits per heavy atom. The van der Waals surface area contributed by atoms with E-state index >= 15 is 0 Å². The highest BCUT2D eigenvalue weighted by Gasteiger charge is 2.21. The van der Waals surface area contributed by atoms with Crippen LogP contribution in [0.1, 0.15) is 26.3 Å². The maximum Gasteiger partial charge on any atom is 0.330 e. The Morgan fingerprint density at radius 3 is 2.83 bits per heavy atom. The van der Waals surface area contributed by atoms with Crippen LogP contribution in [0.4, 0.5) is 0 Å². The zero-order chi connectivity index (χ0) is 20.8. The average Bonchev–Trinajstić information content (AvgIpc) is 3.33. The van der Waals surface area contributed by atoms with E-state index in [-0.39, 0.29) is 5.97 Å². The van der Waals surface area contributed by atoms with Crippen molar-refractivity contribution in [3.05, 3.63) is 31.0 Å². The molecule has 0 fully saturated rings. The van der Waals surface area contributed by atoms with Gasteiger partial charge in [-0.25, -0.2) is 14.8 Å². The zero-order valence-electron chi connectivity index (χ0n) is 17.4. The lowest BCUT2D eigenvalue weighted by molar-refractivity contribution is -0.147.